The fraction of sp³-hybridized carbons (Fsp3) is 0.269. The van der Waals surface area contributed by atoms with E-state index in [4.69, 9.17) is 9.47 Å². The summed E-state index contributed by atoms with van der Waals surface area (Å²) in [7, 11) is 1.38. The smallest absolute Gasteiger partial charge is 0.343 e. The summed E-state index contributed by atoms with van der Waals surface area (Å²) in [6.07, 6.45) is 1.30. The third-order valence-corrected chi connectivity index (χ3v) is 5.61. The molecule has 0 saturated carbocycles. The third kappa shape index (κ3) is 6.15. The molecule has 1 heterocycles. The van der Waals surface area contributed by atoms with Gasteiger partial charge in [-0.3, -0.25) is 9.59 Å². The minimum absolute atomic E-state index is 0.0615. The number of phenolic OH excluding ortho intramolecular Hbond substituents is 2. The molecule has 0 saturated heterocycles. The van der Waals surface area contributed by atoms with E-state index in [9.17, 15) is 29.7 Å². The molecule has 1 aromatic heterocycles. The summed E-state index contributed by atoms with van der Waals surface area (Å²) in [6.45, 7) is 1.95. The molecular formula is C26H28N2O8. The number of hydrogen-bond acceptors (Lipinski definition) is 8. The van der Waals surface area contributed by atoms with Crippen LogP contribution in [0.15, 0.2) is 53.5 Å². The summed E-state index contributed by atoms with van der Waals surface area (Å²) in [4.78, 5) is 40.4. The van der Waals surface area contributed by atoms with Gasteiger partial charge in [0.25, 0.3) is 5.56 Å². The first-order chi connectivity index (χ1) is 17.2. The molecule has 3 aromatic rings. The van der Waals surface area contributed by atoms with Crippen LogP contribution in [0.2, 0.25) is 0 Å². The number of carbonyl (C=O) groups is 2. The minimum atomic E-state index is -1.01. The van der Waals surface area contributed by atoms with Crippen molar-refractivity contribution in [2.75, 3.05) is 20.3 Å². The number of methoxy groups -OCH3 is 1. The molecule has 0 spiro atoms. The van der Waals surface area contributed by atoms with Gasteiger partial charge in [-0.2, -0.15) is 0 Å². The van der Waals surface area contributed by atoms with Gasteiger partial charge in [0.05, 0.1) is 19.3 Å². The van der Waals surface area contributed by atoms with Crippen LogP contribution >= 0.6 is 0 Å². The van der Waals surface area contributed by atoms with E-state index >= 15 is 0 Å². The number of hydrogen-bond donors (Lipinski definition) is 5. The number of pyridine rings is 1. The van der Waals surface area contributed by atoms with Crippen LogP contribution in [-0.2, 0) is 16.0 Å². The second-order valence-corrected chi connectivity index (χ2v) is 7.97. The number of benzene rings is 2. The number of amides is 1. The Morgan fingerprint density at radius 3 is 2.44 bits per heavy atom. The van der Waals surface area contributed by atoms with Gasteiger partial charge in [-0.1, -0.05) is 18.2 Å². The number of esters is 1. The molecule has 10 heteroatoms. The van der Waals surface area contributed by atoms with Gasteiger partial charge in [-0.05, 0) is 48.7 Å². The van der Waals surface area contributed by atoms with Gasteiger partial charge in [0.15, 0.2) is 11.5 Å². The topological polar surface area (TPSA) is 158 Å². The molecule has 2 aromatic carbocycles. The van der Waals surface area contributed by atoms with Crippen LogP contribution in [0.3, 0.4) is 0 Å². The fourth-order valence-corrected chi connectivity index (χ4v) is 3.80. The molecule has 3 rings (SSSR count). The van der Waals surface area contributed by atoms with Gasteiger partial charge in [-0.15, -0.1) is 0 Å². The number of aromatic nitrogens is 1. The number of H-pyrrole nitrogens is 1. The van der Waals surface area contributed by atoms with E-state index in [0.29, 0.717) is 12.0 Å². The number of nitrogens with one attached hydrogen (secondary N) is 2. The first kappa shape index (κ1) is 26.1. The van der Waals surface area contributed by atoms with Crippen LogP contribution in [0.25, 0.3) is 0 Å². The van der Waals surface area contributed by atoms with E-state index in [-0.39, 0.29) is 47.9 Å². The van der Waals surface area contributed by atoms with Crippen LogP contribution in [0, 0.1) is 0 Å². The zero-order chi connectivity index (χ0) is 26.2. The normalized spacial score (nSPS) is 11.5. The highest BCUT2D eigenvalue weighted by molar-refractivity contribution is 5.92. The van der Waals surface area contributed by atoms with Crippen LogP contribution in [-0.4, -0.2) is 52.4 Å². The van der Waals surface area contributed by atoms with Gasteiger partial charge in [0, 0.05) is 25.1 Å². The highest BCUT2D eigenvalue weighted by atomic mass is 16.5. The summed E-state index contributed by atoms with van der Waals surface area (Å²) >= 11 is 0. The largest absolute Gasteiger partial charge is 0.508 e. The molecule has 0 bridgehead atoms. The maximum atomic E-state index is 12.9. The molecule has 0 aliphatic carbocycles. The molecule has 10 nitrogen and oxygen atoms in total. The lowest BCUT2D eigenvalue weighted by Gasteiger charge is -2.20. The Morgan fingerprint density at radius 1 is 1.08 bits per heavy atom. The summed E-state index contributed by atoms with van der Waals surface area (Å²) in [5, 5.41) is 33.3. The lowest BCUT2D eigenvalue weighted by Crippen LogP contribution is -2.29. The predicted octanol–water partition coefficient (Wildman–Crippen LogP) is 2.56. The van der Waals surface area contributed by atoms with Crippen LogP contribution in [0.4, 0.5) is 0 Å². The Hall–Kier alpha value is -4.47. The van der Waals surface area contributed by atoms with Crippen molar-refractivity contribution in [1.82, 2.24) is 10.3 Å². The zero-order valence-corrected chi connectivity index (χ0v) is 19.9. The number of aromatic amines is 1. The van der Waals surface area contributed by atoms with Gasteiger partial charge in [-0.25, -0.2) is 4.79 Å². The number of aromatic hydroxyl groups is 3. The van der Waals surface area contributed by atoms with Crippen molar-refractivity contribution in [1.29, 1.82) is 0 Å². The number of rotatable bonds is 10. The molecule has 0 aliphatic heterocycles. The zero-order valence-electron chi connectivity index (χ0n) is 19.9. The summed E-state index contributed by atoms with van der Waals surface area (Å²) in [5.41, 5.74) is 0.100. The van der Waals surface area contributed by atoms with Crippen molar-refractivity contribution < 1.29 is 34.4 Å². The Morgan fingerprint density at radius 2 is 1.81 bits per heavy atom. The van der Waals surface area contributed by atoms with Gasteiger partial charge in [0.1, 0.15) is 17.1 Å². The molecule has 190 valence electrons. The van der Waals surface area contributed by atoms with Crippen molar-refractivity contribution in [2.24, 2.45) is 0 Å². The molecule has 0 radical (unpaired) electrons. The van der Waals surface area contributed by atoms with E-state index in [2.05, 4.69) is 10.3 Å². The Labute approximate surface area is 207 Å². The Balaban J connectivity index is 1.92. The number of phenols is 2. The predicted molar refractivity (Wildman–Crippen MR) is 131 cm³/mol. The highest BCUT2D eigenvalue weighted by Crippen LogP contribution is 2.37. The molecule has 1 amide bonds. The third-order valence-electron chi connectivity index (χ3n) is 5.61. The van der Waals surface area contributed by atoms with Gasteiger partial charge >= 0.3 is 5.97 Å². The maximum Gasteiger partial charge on any atom is 0.343 e. The summed E-state index contributed by atoms with van der Waals surface area (Å²) in [6, 6.07) is 10.9. The average molecular weight is 497 g/mol. The van der Waals surface area contributed by atoms with E-state index in [1.54, 1.807) is 37.3 Å². The molecule has 1 unspecified atom stereocenters. The molecular weight excluding hydrogens is 468 g/mol. The summed E-state index contributed by atoms with van der Waals surface area (Å²) < 4.78 is 10.0. The second-order valence-electron chi connectivity index (χ2n) is 7.97. The SMILES string of the molecule is CCOC(=O)c1c[nH]c(=O)c(C(CC(=O)NCCc2ccc(O)cc2)c2ccc(OC)c(O)c2)c1O. The number of carbonyl (C=O) groups excluding carboxylic acids is 2. The Bertz CT molecular complexity index is 1280. The van der Waals surface area contributed by atoms with Crippen molar-refractivity contribution in [2.45, 2.75) is 25.7 Å². The van der Waals surface area contributed by atoms with E-state index in [1.807, 2.05) is 0 Å². The van der Waals surface area contributed by atoms with Crippen molar-refractivity contribution in [3.63, 3.8) is 0 Å². The monoisotopic (exact) mass is 496 g/mol. The maximum absolute atomic E-state index is 12.9. The van der Waals surface area contributed by atoms with Crippen LogP contribution in [0.5, 0.6) is 23.0 Å². The molecule has 0 aliphatic rings. The van der Waals surface area contributed by atoms with E-state index in [1.165, 1.54) is 19.2 Å². The van der Waals surface area contributed by atoms with Crippen molar-refractivity contribution in [3.05, 3.63) is 81.3 Å². The molecule has 1 atom stereocenters. The van der Waals surface area contributed by atoms with E-state index in [0.717, 1.165) is 11.8 Å². The lowest BCUT2D eigenvalue weighted by molar-refractivity contribution is -0.121. The molecule has 5 N–H and O–H groups in total. The standard InChI is InChI=1S/C26H28N2O8/c1-3-36-26(34)19-14-28-25(33)23(24(19)32)18(16-6-9-21(35-2)20(30)12-16)13-22(31)27-11-10-15-4-7-17(29)8-5-15/h4-9,12,14,18,29-30H,3,10-11,13H2,1-2H3,(H,27,31)(H2,28,32,33). The lowest BCUT2D eigenvalue weighted by atomic mass is 9.87. The Kier molecular flexibility index (Phi) is 8.56. The fourth-order valence-electron chi connectivity index (χ4n) is 3.80. The quantitative estimate of drug-likeness (QED) is 0.268. The van der Waals surface area contributed by atoms with Gasteiger partial charge in [0.2, 0.25) is 5.91 Å². The highest BCUT2D eigenvalue weighted by Gasteiger charge is 2.28. The second kappa shape index (κ2) is 11.8. The first-order valence-electron chi connectivity index (χ1n) is 11.3. The van der Waals surface area contributed by atoms with Crippen LogP contribution < -0.4 is 15.6 Å². The van der Waals surface area contributed by atoms with Crippen molar-refractivity contribution in [3.8, 4) is 23.0 Å². The van der Waals surface area contributed by atoms with Crippen molar-refractivity contribution >= 4 is 11.9 Å². The summed E-state index contributed by atoms with van der Waals surface area (Å²) in [5.74, 6) is -2.75. The number of ether oxygens (including phenoxy) is 2. The first-order valence-corrected chi connectivity index (χ1v) is 11.3. The molecule has 36 heavy (non-hydrogen) atoms. The van der Waals surface area contributed by atoms with E-state index < -0.39 is 29.1 Å². The minimum Gasteiger partial charge on any atom is -0.508 e. The van der Waals surface area contributed by atoms with Crippen LogP contribution in [0.1, 0.15) is 46.3 Å². The average Bonchev–Trinajstić information content (AvgIpc) is 2.84. The van der Waals surface area contributed by atoms with Gasteiger partial charge < -0.3 is 35.1 Å². The molecule has 0 fully saturated rings.